The van der Waals surface area contributed by atoms with E-state index in [0.29, 0.717) is 18.5 Å². The molecule has 0 aliphatic rings. The molecule has 6 nitrogen and oxygen atoms in total. The number of carboxylic acid groups (broad SMARTS) is 1. The van der Waals surface area contributed by atoms with Crippen molar-refractivity contribution in [2.45, 2.75) is 19.8 Å². The quantitative estimate of drug-likeness (QED) is 0.770. The average Bonchev–Trinajstić information content (AvgIpc) is 2.60. The second-order valence-electron chi connectivity index (χ2n) is 5.78. The Morgan fingerprint density at radius 3 is 2.48 bits per heavy atom. The van der Waals surface area contributed by atoms with Gasteiger partial charge in [-0.15, -0.1) is 0 Å². The van der Waals surface area contributed by atoms with E-state index in [1.807, 2.05) is 37.3 Å². The number of nitrogens with one attached hydrogen (secondary N) is 1. The molecule has 0 radical (unpaired) electrons. The molecule has 0 spiro atoms. The molecule has 0 fully saturated rings. The lowest BCUT2D eigenvalue weighted by molar-refractivity contribution is -0.144. The number of carboxylic acids is 1. The third-order valence-electron chi connectivity index (χ3n) is 3.81. The fraction of sp³-hybridized carbons (Fsp3) is 0.316. The number of nitrogens with zero attached hydrogens (tertiary/aromatic N) is 1. The summed E-state index contributed by atoms with van der Waals surface area (Å²) in [7, 11) is 0. The molecule has 0 aliphatic heterocycles. The van der Waals surface area contributed by atoms with Gasteiger partial charge in [0.15, 0.2) is 0 Å². The molecule has 0 saturated carbocycles. The van der Waals surface area contributed by atoms with Crippen LogP contribution in [0, 0.1) is 0 Å². The highest BCUT2D eigenvalue weighted by atomic mass is 16.4. The van der Waals surface area contributed by atoms with Gasteiger partial charge in [-0.3, -0.25) is 14.4 Å². The number of rotatable bonds is 8. The summed E-state index contributed by atoms with van der Waals surface area (Å²) in [5.74, 6) is -1.57. The number of hydrogen-bond donors (Lipinski definition) is 2. The summed E-state index contributed by atoms with van der Waals surface area (Å²) in [4.78, 5) is 36.4. The van der Waals surface area contributed by atoms with Crippen molar-refractivity contribution < 1.29 is 19.5 Å². The molecule has 0 aliphatic carbocycles. The predicted molar refractivity (Wildman–Crippen MR) is 95.4 cm³/mol. The molecule has 0 unspecified atom stereocenters. The summed E-state index contributed by atoms with van der Waals surface area (Å²) in [6.07, 6.45) is 0.759. The van der Waals surface area contributed by atoms with Gasteiger partial charge in [-0.25, -0.2) is 0 Å². The van der Waals surface area contributed by atoms with Crippen LogP contribution in [0.5, 0.6) is 0 Å². The maximum atomic E-state index is 12.2. The second-order valence-corrected chi connectivity index (χ2v) is 5.78. The minimum Gasteiger partial charge on any atom is -0.480 e. The Morgan fingerprint density at radius 2 is 1.80 bits per heavy atom. The van der Waals surface area contributed by atoms with E-state index < -0.39 is 5.97 Å². The Bertz CT molecular complexity index is 773. The highest BCUT2D eigenvalue weighted by Crippen LogP contribution is 2.15. The number of amides is 2. The lowest BCUT2D eigenvalue weighted by Crippen LogP contribution is -2.38. The Hall–Kier alpha value is -2.89. The van der Waals surface area contributed by atoms with Gasteiger partial charge in [0.1, 0.15) is 6.54 Å². The van der Waals surface area contributed by atoms with Crippen LogP contribution in [0.2, 0.25) is 0 Å². The number of hydrogen-bond acceptors (Lipinski definition) is 3. The van der Waals surface area contributed by atoms with Crippen LogP contribution in [0.15, 0.2) is 42.5 Å². The van der Waals surface area contributed by atoms with Crippen LogP contribution in [-0.2, 0) is 9.59 Å². The van der Waals surface area contributed by atoms with Crippen molar-refractivity contribution in [2.24, 2.45) is 0 Å². The van der Waals surface area contributed by atoms with Crippen LogP contribution in [0.1, 0.15) is 30.1 Å². The maximum Gasteiger partial charge on any atom is 0.323 e. The van der Waals surface area contributed by atoms with Gasteiger partial charge in [0.2, 0.25) is 5.91 Å². The molecule has 0 aromatic heterocycles. The molecular weight excluding hydrogens is 320 g/mol. The van der Waals surface area contributed by atoms with E-state index in [1.165, 1.54) is 4.90 Å². The zero-order valence-electron chi connectivity index (χ0n) is 14.2. The molecule has 2 rings (SSSR count). The van der Waals surface area contributed by atoms with E-state index in [9.17, 15) is 14.4 Å². The number of fused-ring (bicyclic) bond motifs is 1. The van der Waals surface area contributed by atoms with Crippen molar-refractivity contribution in [2.75, 3.05) is 19.6 Å². The van der Waals surface area contributed by atoms with Gasteiger partial charge in [0.05, 0.1) is 0 Å². The van der Waals surface area contributed by atoms with E-state index in [2.05, 4.69) is 5.32 Å². The van der Waals surface area contributed by atoms with Gasteiger partial charge < -0.3 is 15.3 Å². The van der Waals surface area contributed by atoms with Crippen molar-refractivity contribution in [1.82, 2.24) is 10.2 Å². The Balaban J connectivity index is 1.90. The lowest BCUT2D eigenvalue weighted by atomic mass is 10.1. The zero-order valence-corrected chi connectivity index (χ0v) is 14.2. The molecule has 2 amide bonds. The monoisotopic (exact) mass is 342 g/mol. The van der Waals surface area contributed by atoms with Gasteiger partial charge >= 0.3 is 5.97 Å². The fourth-order valence-corrected chi connectivity index (χ4v) is 2.60. The van der Waals surface area contributed by atoms with Crippen LogP contribution >= 0.6 is 0 Å². The normalized spacial score (nSPS) is 10.4. The first-order valence-corrected chi connectivity index (χ1v) is 8.28. The van der Waals surface area contributed by atoms with Crippen molar-refractivity contribution >= 4 is 28.6 Å². The molecule has 6 heteroatoms. The number of carbonyl (C=O) groups excluding carboxylic acids is 2. The first kappa shape index (κ1) is 18.4. The summed E-state index contributed by atoms with van der Waals surface area (Å²) in [5, 5.41) is 13.6. The van der Waals surface area contributed by atoms with Crippen LogP contribution in [0.4, 0.5) is 0 Å². The van der Waals surface area contributed by atoms with Gasteiger partial charge in [-0.05, 0) is 29.3 Å². The second kappa shape index (κ2) is 8.82. The smallest absolute Gasteiger partial charge is 0.323 e. The van der Waals surface area contributed by atoms with Gasteiger partial charge in [0, 0.05) is 25.1 Å². The van der Waals surface area contributed by atoms with Gasteiger partial charge in [-0.1, -0.05) is 37.3 Å². The van der Waals surface area contributed by atoms with Crippen molar-refractivity contribution in [3.8, 4) is 0 Å². The van der Waals surface area contributed by atoms with Gasteiger partial charge in [-0.2, -0.15) is 0 Å². The molecule has 2 N–H and O–H groups in total. The summed E-state index contributed by atoms with van der Waals surface area (Å²) in [6.45, 7) is 2.13. The zero-order chi connectivity index (χ0) is 18.2. The predicted octanol–water partition coefficient (Wildman–Crippen LogP) is 2.28. The summed E-state index contributed by atoms with van der Waals surface area (Å²) < 4.78 is 0. The fourth-order valence-electron chi connectivity index (χ4n) is 2.60. The highest BCUT2D eigenvalue weighted by molar-refractivity contribution is 5.98. The minimum atomic E-state index is -1.04. The molecule has 0 atom stereocenters. The summed E-state index contributed by atoms with van der Waals surface area (Å²) >= 11 is 0. The topological polar surface area (TPSA) is 86.7 Å². The molecule has 132 valence electrons. The van der Waals surface area contributed by atoms with Crippen LogP contribution in [0.25, 0.3) is 10.8 Å². The van der Waals surface area contributed by atoms with Crippen LogP contribution < -0.4 is 5.32 Å². The first-order valence-electron chi connectivity index (χ1n) is 8.28. The standard InChI is InChI=1S/C19H22N2O4/c1-2-11-21(13-18(23)24)17(22)9-10-20-19(25)16-8-7-14-5-3-4-6-15(14)12-16/h3-8,12H,2,9-11,13H2,1H3,(H,20,25)(H,23,24). The summed E-state index contributed by atoms with van der Waals surface area (Å²) in [6, 6.07) is 13.2. The van der Waals surface area contributed by atoms with Gasteiger partial charge in [0.25, 0.3) is 5.91 Å². The lowest BCUT2D eigenvalue weighted by Gasteiger charge is -2.20. The minimum absolute atomic E-state index is 0.0760. The van der Waals surface area contributed by atoms with Crippen molar-refractivity contribution in [3.63, 3.8) is 0 Å². The third kappa shape index (κ3) is 5.31. The maximum absolute atomic E-state index is 12.2. The Kier molecular flexibility index (Phi) is 6.51. The SMILES string of the molecule is CCCN(CC(=O)O)C(=O)CCNC(=O)c1ccc2ccccc2c1. The molecule has 2 aromatic carbocycles. The number of aliphatic carboxylic acids is 1. The van der Waals surface area contributed by atoms with Crippen molar-refractivity contribution in [3.05, 3.63) is 48.0 Å². The Labute approximate surface area is 146 Å². The van der Waals surface area contributed by atoms with Crippen LogP contribution in [-0.4, -0.2) is 47.4 Å². The summed E-state index contributed by atoms with van der Waals surface area (Å²) in [5.41, 5.74) is 0.530. The van der Waals surface area contributed by atoms with E-state index in [1.54, 1.807) is 12.1 Å². The van der Waals surface area contributed by atoms with Crippen LogP contribution in [0.3, 0.4) is 0 Å². The Morgan fingerprint density at radius 1 is 1.08 bits per heavy atom. The highest BCUT2D eigenvalue weighted by Gasteiger charge is 2.16. The van der Waals surface area contributed by atoms with E-state index in [0.717, 1.165) is 10.8 Å². The number of benzene rings is 2. The molecular formula is C19H22N2O4. The van der Waals surface area contributed by atoms with E-state index in [4.69, 9.17) is 5.11 Å². The third-order valence-corrected chi connectivity index (χ3v) is 3.81. The average molecular weight is 342 g/mol. The van der Waals surface area contributed by atoms with E-state index in [-0.39, 0.29) is 31.3 Å². The van der Waals surface area contributed by atoms with Crippen molar-refractivity contribution in [1.29, 1.82) is 0 Å². The largest absolute Gasteiger partial charge is 0.480 e. The number of carbonyl (C=O) groups is 3. The molecule has 0 saturated heterocycles. The first-order chi connectivity index (χ1) is 12.0. The molecule has 25 heavy (non-hydrogen) atoms. The van der Waals surface area contributed by atoms with E-state index >= 15 is 0 Å². The molecule has 0 bridgehead atoms. The molecule has 2 aromatic rings. The molecule has 0 heterocycles.